The van der Waals surface area contributed by atoms with Crippen LogP contribution in [0.25, 0.3) is 0 Å². The van der Waals surface area contributed by atoms with E-state index >= 15 is 0 Å². The van der Waals surface area contributed by atoms with E-state index in [4.69, 9.17) is 11.8 Å². The first-order valence-electron chi connectivity index (χ1n) is 7.36. The number of hydrogen-bond acceptors (Lipinski definition) is 2. The fourth-order valence-electron chi connectivity index (χ4n) is 2.37. The minimum Gasteiger partial charge on any atom is -0.297 e. The maximum Gasteiger partial charge on any atom is 0.0911 e. The molecule has 110 valence electrons. The molecule has 0 atom stereocenters. The molecule has 0 spiro atoms. The number of hydrogen-bond donors (Lipinski definition) is 0. The molecule has 0 aromatic heterocycles. The van der Waals surface area contributed by atoms with Gasteiger partial charge < -0.3 is 0 Å². The van der Waals surface area contributed by atoms with E-state index in [9.17, 15) is 0 Å². The molecule has 18 heavy (non-hydrogen) atoms. The van der Waals surface area contributed by atoms with Crippen molar-refractivity contribution in [1.29, 1.82) is 0 Å². The van der Waals surface area contributed by atoms with Crippen LogP contribution >= 0.6 is 6.34 Å². The maximum absolute atomic E-state index is 6.17. The molecule has 0 rings (SSSR count). The lowest BCUT2D eigenvalue weighted by Gasteiger charge is -2.43. The van der Waals surface area contributed by atoms with Gasteiger partial charge in [-0.2, -0.15) is 0 Å². The van der Waals surface area contributed by atoms with E-state index in [0.29, 0.717) is 0 Å². The van der Waals surface area contributed by atoms with Gasteiger partial charge in [0, 0.05) is 26.2 Å². The predicted octanol–water partition coefficient (Wildman–Crippen LogP) is 3.28. The van der Waals surface area contributed by atoms with Gasteiger partial charge in [-0.1, -0.05) is 53.3 Å². The fourth-order valence-corrected chi connectivity index (χ4v) is 7.65. The second-order valence-corrected chi connectivity index (χ2v) is 8.89. The Morgan fingerprint density at radius 2 is 1.00 bits per heavy atom. The highest BCUT2D eigenvalue weighted by atomic mass is 32.4. The van der Waals surface area contributed by atoms with E-state index in [2.05, 4.69) is 55.8 Å². The van der Waals surface area contributed by atoms with Crippen LogP contribution in [0.5, 0.6) is 0 Å². The molecule has 0 heterocycles. The zero-order chi connectivity index (χ0) is 14.2. The molecule has 0 aliphatic carbocycles. The second kappa shape index (κ2) is 9.44. The minimum atomic E-state index is -1.60. The summed E-state index contributed by atoms with van der Waals surface area (Å²) < 4.78 is 5.04. The van der Waals surface area contributed by atoms with Gasteiger partial charge in [0.1, 0.15) is 0 Å². The molecule has 0 radical (unpaired) electrons. The summed E-state index contributed by atoms with van der Waals surface area (Å²) in [4.78, 5) is 2.48. The predicted molar refractivity (Wildman–Crippen MR) is 87.9 cm³/mol. The Hall–Kier alpha value is 0.530. The van der Waals surface area contributed by atoms with E-state index < -0.39 is 6.34 Å². The second-order valence-electron chi connectivity index (χ2n) is 4.39. The summed E-state index contributed by atoms with van der Waals surface area (Å²) in [5, 5.41) is 0. The summed E-state index contributed by atoms with van der Waals surface area (Å²) in [5.74, 6) is 0. The van der Waals surface area contributed by atoms with Crippen molar-refractivity contribution in [3.8, 4) is 0 Å². The molecule has 0 N–H and O–H groups in total. The van der Waals surface area contributed by atoms with Gasteiger partial charge in [0.2, 0.25) is 0 Å². The lowest BCUT2D eigenvalue weighted by atomic mass is 10.6. The molecule has 0 aromatic carbocycles. The van der Waals surface area contributed by atoms with Gasteiger partial charge in [0.15, 0.2) is 0 Å². The van der Waals surface area contributed by atoms with Crippen molar-refractivity contribution in [3.05, 3.63) is 0 Å². The van der Waals surface area contributed by atoms with Crippen LogP contribution in [0.2, 0.25) is 0 Å². The van der Waals surface area contributed by atoms with Crippen molar-refractivity contribution in [2.45, 2.75) is 41.5 Å². The third-order valence-corrected chi connectivity index (χ3v) is 9.02. The molecule has 5 heteroatoms. The van der Waals surface area contributed by atoms with E-state index in [1.54, 1.807) is 0 Å². The molecular weight excluding hydrogens is 261 g/mol. The van der Waals surface area contributed by atoms with Crippen LogP contribution in [0.15, 0.2) is 0 Å². The number of nitrogens with zero attached hydrogens (tertiary/aromatic N) is 3. The van der Waals surface area contributed by atoms with Crippen LogP contribution in [0.1, 0.15) is 41.5 Å². The molecular formula is C13H32N3PS. The van der Waals surface area contributed by atoms with Crippen LogP contribution in [-0.2, 0) is 11.8 Å². The average Bonchev–Trinajstić information content (AvgIpc) is 2.38. The quantitative estimate of drug-likeness (QED) is 0.572. The zero-order valence-corrected chi connectivity index (χ0v) is 14.9. The van der Waals surface area contributed by atoms with Gasteiger partial charge in [-0.3, -0.25) is 14.2 Å². The lowest BCUT2D eigenvalue weighted by Crippen LogP contribution is -2.38. The van der Waals surface area contributed by atoms with Gasteiger partial charge in [-0.05, 0) is 13.1 Å². The Kier molecular flexibility index (Phi) is 9.71. The molecule has 0 aliphatic heterocycles. The van der Waals surface area contributed by atoms with Crippen molar-refractivity contribution >= 4 is 18.1 Å². The van der Waals surface area contributed by atoms with Crippen molar-refractivity contribution in [2.75, 3.05) is 45.6 Å². The van der Waals surface area contributed by atoms with Gasteiger partial charge >= 0.3 is 0 Å². The molecule has 0 amide bonds. The van der Waals surface area contributed by atoms with Crippen LogP contribution < -0.4 is 0 Å². The molecule has 0 bridgehead atoms. The molecule has 3 nitrogen and oxygen atoms in total. The summed E-state index contributed by atoms with van der Waals surface area (Å²) in [6, 6.07) is 0. The molecule has 0 saturated carbocycles. The van der Waals surface area contributed by atoms with Crippen molar-refractivity contribution in [1.82, 2.24) is 14.2 Å². The lowest BCUT2D eigenvalue weighted by molar-refractivity contribution is 0.328. The fraction of sp³-hybridized carbons (Fsp3) is 1.00. The SMILES string of the molecule is CCN(CC)CP(=S)(N(CC)CC)N(CC)CC. The van der Waals surface area contributed by atoms with Crippen LogP contribution in [-0.4, -0.2) is 59.8 Å². The Labute approximate surface area is 120 Å². The maximum atomic E-state index is 6.17. The molecule has 0 saturated heterocycles. The van der Waals surface area contributed by atoms with Crippen molar-refractivity contribution in [2.24, 2.45) is 0 Å². The first-order valence-corrected chi connectivity index (χ1v) is 10.2. The van der Waals surface area contributed by atoms with Crippen LogP contribution in [0.3, 0.4) is 0 Å². The average molecular weight is 293 g/mol. The summed E-state index contributed by atoms with van der Waals surface area (Å²) in [6.07, 6.45) is -0.549. The van der Waals surface area contributed by atoms with E-state index in [-0.39, 0.29) is 0 Å². The van der Waals surface area contributed by atoms with Gasteiger partial charge in [-0.25, -0.2) is 0 Å². The van der Waals surface area contributed by atoms with E-state index in [1.807, 2.05) is 0 Å². The first kappa shape index (κ1) is 18.5. The third-order valence-electron chi connectivity index (χ3n) is 3.62. The largest absolute Gasteiger partial charge is 0.297 e. The zero-order valence-electron chi connectivity index (χ0n) is 13.1. The van der Waals surface area contributed by atoms with Gasteiger partial charge in [0.25, 0.3) is 0 Å². The first-order chi connectivity index (χ1) is 8.53. The highest BCUT2D eigenvalue weighted by Gasteiger charge is 2.30. The highest BCUT2D eigenvalue weighted by molar-refractivity contribution is 8.12. The van der Waals surface area contributed by atoms with Crippen molar-refractivity contribution < 1.29 is 0 Å². The van der Waals surface area contributed by atoms with Gasteiger partial charge in [0.05, 0.1) is 12.6 Å². The Balaban J connectivity index is 5.18. The standard InChI is InChI=1S/C13H32N3PS/c1-7-14(8-2)13-17(18,15(9-3)10-4)16(11-5)12-6/h7-13H2,1-6H3. The number of rotatable bonds is 10. The molecule has 0 aromatic rings. The topological polar surface area (TPSA) is 9.72 Å². The Morgan fingerprint density at radius 1 is 0.667 bits per heavy atom. The summed E-state index contributed by atoms with van der Waals surface area (Å²) >= 11 is 6.17. The highest BCUT2D eigenvalue weighted by Crippen LogP contribution is 2.53. The molecule has 0 aliphatic rings. The van der Waals surface area contributed by atoms with Gasteiger partial charge in [-0.15, -0.1) is 0 Å². The minimum absolute atomic E-state index is 1.05. The summed E-state index contributed by atoms with van der Waals surface area (Å²) in [5.41, 5.74) is 0. The molecule has 0 unspecified atom stereocenters. The van der Waals surface area contributed by atoms with Crippen molar-refractivity contribution in [3.63, 3.8) is 0 Å². The molecule has 0 fully saturated rings. The Bertz CT molecular complexity index is 233. The monoisotopic (exact) mass is 293 g/mol. The van der Waals surface area contributed by atoms with Crippen LogP contribution in [0.4, 0.5) is 0 Å². The summed E-state index contributed by atoms with van der Waals surface area (Å²) in [7, 11) is 0. The van der Waals surface area contributed by atoms with E-state index in [1.165, 1.54) is 0 Å². The normalized spacial score (nSPS) is 12.9. The third kappa shape index (κ3) is 4.57. The Morgan fingerprint density at radius 3 is 1.22 bits per heavy atom. The smallest absolute Gasteiger partial charge is 0.0911 e. The summed E-state index contributed by atoms with van der Waals surface area (Å²) in [6.45, 7) is 19.8. The van der Waals surface area contributed by atoms with Crippen LogP contribution in [0, 0.1) is 0 Å². The van der Waals surface area contributed by atoms with E-state index in [0.717, 1.165) is 45.6 Å².